The molecule has 1 aliphatic rings. The van der Waals surface area contributed by atoms with Gasteiger partial charge in [0.2, 0.25) is 0 Å². The number of carbonyl (C=O) groups excluding carboxylic acids is 1. The minimum atomic E-state index is -0.948. The maximum absolute atomic E-state index is 12.4. The molecule has 9 heteroatoms. The number of amides is 2. The number of ether oxygens (including phenoxy) is 2. The Morgan fingerprint density at radius 2 is 1.36 bits per heavy atom. The molecule has 256 valence electrons. The van der Waals surface area contributed by atoms with Gasteiger partial charge in [-0.05, 0) is 63.7 Å². The standard InChI is InChI=1S/C41H40N2O6S/c1-27-37(26-50-36-20-18-33(19-21-36)39(45)46)48-40(49-38(27)32-12-10-29(25-44)11-13-32)34-16-14-31(15-17-34)35-9-5-8-30(22-35)24-43-41(47)42-23-28-6-3-2-4-7-28/h2-22,27,37-38,40,44H,23-26H2,1H3,(H,45,46)(H2,42,43,47)/t27-,37+,38+,40+/m0/s1. The van der Waals surface area contributed by atoms with Crippen LogP contribution < -0.4 is 10.6 Å². The topological polar surface area (TPSA) is 117 Å². The van der Waals surface area contributed by atoms with Crippen molar-refractivity contribution in [1.29, 1.82) is 0 Å². The van der Waals surface area contributed by atoms with E-state index in [9.17, 15) is 19.8 Å². The molecule has 4 N–H and O–H groups in total. The molecule has 0 aliphatic carbocycles. The lowest BCUT2D eigenvalue weighted by molar-refractivity contribution is -0.268. The number of nitrogens with one attached hydrogen (secondary N) is 2. The predicted octanol–water partition coefficient (Wildman–Crippen LogP) is 8.13. The van der Waals surface area contributed by atoms with Crippen molar-refractivity contribution in [3.05, 3.63) is 161 Å². The Balaban J connectivity index is 1.13. The van der Waals surface area contributed by atoms with E-state index >= 15 is 0 Å². The number of carbonyl (C=O) groups is 2. The molecule has 0 radical (unpaired) electrons. The van der Waals surface area contributed by atoms with Gasteiger partial charge in [-0.1, -0.05) is 104 Å². The minimum Gasteiger partial charge on any atom is -0.478 e. The van der Waals surface area contributed by atoms with Crippen molar-refractivity contribution in [1.82, 2.24) is 10.6 Å². The number of aliphatic hydroxyl groups excluding tert-OH is 1. The molecular weight excluding hydrogens is 649 g/mol. The van der Waals surface area contributed by atoms with Crippen molar-refractivity contribution in [2.45, 2.75) is 50.0 Å². The zero-order valence-electron chi connectivity index (χ0n) is 27.7. The molecule has 5 aromatic carbocycles. The lowest BCUT2D eigenvalue weighted by Gasteiger charge is -2.41. The van der Waals surface area contributed by atoms with Gasteiger partial charge >= 0.3 is 12.0 Å². The van der Waals surface area contributed by atoms with Crippen molar-refractivity contribution in [2.75, 3.05) is 5.75 Å². The van der Waals surface area contributed by atoms with E-state index in [1.165, 1.54) is 0 Å². The lowest BCUT2D eigenvalue weighted by Crippen LogP contribution is -2.38. The van der Waals surface area contributed by atoms with Crippen LogP contribution in [0, 0.1) is 5.92 Å². The van der Waals surface area contributed by atoms with Crippen LogP contribution in [0.3, 0.4) is 0 Å². The van der Waals surface area contributed by atoms with Crippen molar-refractivity contribution in [3.8, 4) is 11.1 Å². The van der Waals surface area contributed by atoms with Crippen LogP contribution in [-0.4, -0.2) is 34.1 Å². The highest BCUT2D eigenvalue weighted by Gasteiger charge is 2.38. The molecule has 0 saturated carbocycles. The first kappa shape index (κ1) is 34.9. The van der Waals surface area contributed by atoms with Crippen molar-refractivity contribution in [3.63, 3.8) is 0 Å². The summed E-state index contributed by atoms with van der Waals surface area (Å²) in [6.45, 7) is 2.96. The van der Waals surface area contributed by atoms with Gasteiger partial charge in [0.1, 0.15) is 0 Å². The van der Waals surface area contributed by atoms with Crippen molar-refractivity contribution < 1.29 is 29.3 Å². The Labute approximate surface area is 296 Å². The second-order valence-corrected chi connectivity index (χ2v) is 13.4. The van der Waals surface area contributed by atoms with E-state index in [4.69, 9.17) is 9.47 Å². The van der Waals surface area contributed by atoms with Crippen molar-refractivity contribution in [2.24, 2.45) is 5.92 Å². The fourth-order valence-corrected chi connectivity index (χ4v) is 6.97. The fraction of sp³-hybridized carbons (Fsp3) is 0.220. The normalized spacial score (nSPS) is 18.7. The maximum atomic E-state index is 12.4. The van der Waals surface area contributed by atoms with Crippen molar-refractivity contribution >= 4 is 23.8 Å². The number of urea groups is 1. The third kappa shape index (κ3) is 8.99. The smallest absolute Gasteiger partial charge is 0.335 e. The molecule has 0 aromatic heterocycles. The molecular formula is C41H40N2O6S. The molecule has 1 heterocycles. The van der Waals surface area contributed by atoms with Crippen LogP contribution in [0.2, 0.25) is 0 Å². The first-order valence-electron chi connectivity index (χ1n) is 16.6. The molecule has 0 spiro atoms. The molecule has 2 amide bonds. The Morgan fingerprint density at radius 1 is 0.700 bits per heavy atom. The number of carboxylic acid groups (broad SMARTS) is 1. The van der Waals surface area contributed by atoms with Gasteiger partial charge in [0.15, 0.2) is 6.29 Å². The molecule has 0 unspecified atom stereocenters. The monoisotopic (exact) mass is 688 g/mol. The van der Waals surface area contributed by atoms with Crippen LogP contribution in [-0.2, 0) is 29.2 Å². The highest BCUT2D eigenvalue weighted by atomic mass is 32.2. The highest BCUT2D eigenvalue weighted by Crippen LogP contribution is 2.43. The molecule has 1 saturated heterocycles. The third-order valence-corrected chi connectivity index (χ3v) is 9.93. The quantitative estimate of drug-likeness (QED) is 0.0979. The number of carboxylic acids is 1. The maximum Gasteiger partial charge on any atom is 0.335 e. The fourth-order valence-electron chi connectivity index (χ4n) is 5.90. The van der Waals surface area contributed by atoms with Crippen LogP contribution in [0.25, 0.3) is 11.1 Å². The molecule has 1 aliphatic heterocycles. The zero-order valence-corrected chi connectivity index (χ0v) is 28.5. The van der Waals surface area contributed by atoms with Gasteiger partial charge < -0.3 is 30.3 Å². The largest absolute Gasteiger partial charge is 0.478 e. The van der Waals surface area contributed by atoms with E-state index in [-0.39, 0.29) is 36.3 Å². The number of thioether (sulfide) groups is 1. The van der Waals surface area contributed by atoms with Crippen LogP contribution >= 0.6 is 11.8 Å². The minimum absolute atomic E-state index is 0.0214. The van der Waals surface area contributed by atoms with Crippen LogP contribution in [0.15, 0.2) is 132 Å². The molecule has 5 aromatic rings. The molecule has 6 rings (SSSR count). The number of aromatic carboxylic acids is 1. The van der Waals surface area contributed by atoms with E-state index in [1.54, 1.807) is 23.9 Å². The average molecular weight is 689 g/mol. The summed E-state index contributed by atoms with van der Waals surface area (Å²) in [5, 5.41) is 24.7. The summed E-state index contributed by atoms with van der Waals surface area (Å²) in [5.41, 5.74) is 7.09. The average Bonchev–Trinajstić information content (AvgIpc) is 3.16. The summed E-state index contributed by atoms with van der Waals surface area (Å²) < 4.78 is 13.2. The summed E-state index contributed by atoms with van der Waals surface area (Å²) in [7, 11) is 0. The van der Waals surface area contributed by atoms with Gasteiger partial charge in [-0.2, -0.15) is 0 Å². The van der Waals surface area contributed by atoms with E-state index in [0.717, 1.165) is 43.8 Å². The molecule has 8 nitrogen and oxygen atoms in total. The summed E-state index contributed by atoms with van der Waals surface area (Å²) in [5.74, 6) is -0.272. The number of rotatable bonds is 12. The van der Waals surface area contributed by atoms with E-state index in [2.05, 4.69) is 35.8 Å². The number of benzene rings is 5. The van der Waals surface area contributed by atoms with E-state index < -0.39 is 12.3 Å². The predicted molar refractivity (Wildman–Crippen MR) is 194 cm³/mol. The van der Waals surface area contributed by atoms with Gasteiger partial charge in [-0.15, -0.1) is 11.8 Å². The number of hydrogen-bond acceptors (Lipinski definition) is 6. The van der Waals surface area contributed by atoms with Crippen LogP contribution in [0.4, 0.5) is 4.79 Å². The Hall–Kier alpha value is -4.93. The Kier molecular flexibility index (Phi) is 11.6. The van der Waals surface area contributed by atoms with Crippen LogP contribution in [0.5, 0.6) is 0 Å². The van der Waals surface area contributed by atoms with E-state index in [1.807, 2.05) is 97.1 Å². The summed E-state index contributed by atoms with van der Waals surface area (Å²) in [6.07, 6.45) is -1.00. The SMILES string of the molecule is C[C@H]1[C@@H](CSc2ccc(C(=O)O)cc2)O[C@@H](c2ccc(-c3cccc(CNC(=O)NCc4ccccc4)c3)cc2)O[C@H]1c1ccc(CO)cc1. The summed E-state index contributed by atoms with van der Waals surface area (Å²) >= 11 is 1.62. The first-order chi connectivity index (χ1) is 24.4. The lowest BCUT2D eigenvalue weighted by atomic mass is 9.91. The van der Waals surface area contributed by atoms with Gasteiger partial charge in [-0.3, -0.25) is 0 Å². The summed E-state index contributed by atoms with van der Waals surface area (Å²) in [6, 6.07) is 40.5. The molecule has 50 heavy (non-hydrogen) atoms. The number of aliphatic hydroxyl groups is 1. The third-order valence-electron chi connectivity index (χ3n) is 8.83. The van der Waals surface area contributed by atoms with Gasteiger partial charge in [0.25, 0.3) is 0 Å². The van der Waals surface area contributed by atoms with E-state index in [0.29, 0.717) is 18.8 Å². The zero-order chi connectivity index (χ0) is 34.9. The molecule has 0 bridgehead atoms. The second-order valence-electron chi connectivity index (χ2n) is 12.3. The second kappa shape index (κ2) is 16.7. The van der Waals surface area contributed by atoms with Gasteiger partial charge in [0, 0.05) is 35.2 Å². The first-order valence-corrected chi connectivity index (χ1v) is 17.6. The Morgan fingerprint density at radius 3 is 2.04 bits per heavy atom. The molecule has 4 atom stereocenters. The Bertz CT molecular complexity index is 1870. The summed E-state index contributed by atoms with van der Waals surface area (Å²) in [4.78, 5) is 24.6. The molecule has 1 fully saturated rings. The highest BCUT2D eigenvalue weighted by molar-refractivity contribution is 7.99. The number of hydrogen-bond donors (Lipinski definition) is 4. The van der Waals surface area contributed by atoms with Crippen LogP contribution in [0.1, 0.15) is 57.5 Å². The van der Waals surface area contributed by atoms with Gasteiger partial charge in [0.05, 0.1) is 24.4 Å². The van der Waals surface area contributed by atoms with Gasteiger partial charge in [-0.25, -0.2) is 9.59 Å².